The second-order valence-corrected chi connectivity index (χ2v) is 4.71. The van der Waals surface area contributed by atoms with Gasteiger partial charge in [0.15, 0.2) is 0 Å². The minimum atomic E-state index is 0.145. The molecule has 126 valence electrons. The van der Waals surface area contributed by atoms with Crippen LogP contribution in [0.5, 0.6) is 5.75 Å². The normalized spacial score (nSPS) is 14.8. The van der Waals surface area contributed by atoms with Gasteiger partial charge in [0.05, 0.1) is 0 Å². The Morgan fingerprint density at radius 1 is 0.792 bits per heavy atom. The van der Waals surface area contributed by atoms with Crippen LogP contribution in [-0.2, 0) is 0 Å². The molecule has 0 aliphatic carbocycles. The fourth-order valence-corrected chi connectivity index (χ4v) is 2.68. The summed E-state index contributed by atoms with van der Waals surface area (Å²) in [7, 11) is 0. The van der Waals surface area contributed by atoms with Crippen molar-refractivity contribution in [1.82, 2.24) is 0 Å². The molecule has 1 heterocycles. The zero-order valence-electron chi connectivity index (χ0n) is 15.3. The summed E-state index contributed by atoms with van der Waals surface area (Å²) in [6.07, 6.45) is 3.62. The Hall–Kier alpha value is -2.54. The van der Waals surface area contributed by atoms with Crippen molar-refractivity contribution >= 4 is 0 Å². The molecule has 1 unspecified atom stereocenters. The monoisotopic (exact) mass is 320 g/mol. The third-order valence-electron chi connectivity index (χ3n) is 3.58. The van der Waals surface area contributed by atoms with Crippen molar-refractivity contribution < 1.29 is 4.74 Å². The largest absolute Gasteiger partial charge is 0.457 e. The second-order valence-electron chi connectivity index (χ2n) is 4.71. The van der Waals surface area contributed by atoms with Gasteiger partial charge in [0.25, 0.3) is 0 Å². The predicted molar refractivity (Wildman–Crippen MR) is 105 cm³/mol. The number of fused-ring (bicyclic) bond motifs is 1. The first kappa shape index (κ1) is 19.5. The smallest absolute Gasteiger partial charge is 0.131 e. The standard InChI is InChI=1S/C19H16O.2C2H6/c1-3-15-17(4-2)20-18-13-9-8-12-16(18)19(15)14-10-6-5-7-11-14;2*1-2/h3-13,19H,1-2H2;2*1-2H3. The van der Waals surface area contributed by atoms with Crippen molar-refractivity contribution in [3.63, 3.8) is 0 Å². The third kappa shape index (κ3) is 4.05. The highest BCUT2D eigenvalue weighted by atomic mass is 16.5. The van der Waals surface area contributed by atoms with Crippen molar-refractivity contribution in [2.24, 2.45) is 0 Å². The van der Waals surface area contributed by atoms with Crippen molar-refractivity contribution in [3.05, 3.63) is 102 Å². The lowest BCUT2D eigenvalue weighted by Crippen LogP contribution is -2.14. The van der Waals surface area contributed by atoms with Crippen LogP contribution in [0.1, 0.15) is 44.7 Å². The van der Waals surface area contributed by atoms with Crippen molar-refractivity contribution in [1.29, 1.82) is 0 Å². The molecule has 2 aromatic rings. The summed E-state index contributed by atoms with van der Waals surface area (Å²) in [5, 5.41) is 0. The molecule has 0 bridgehead atoms. The molecule has 2 aromatic carbocycles. The van der Waals surface area contributed by atoms with E-state index in [9.17, 15) is 0 Å². The van der Waals surface area contributed by atoms with Crippen LogP contribution in [0.25, 0.3) is 0 Å². The van der Waals surface area contributed by atoms with Gasteiger partial charge >= 0.3 is 0 Å². The minimum Gasteiger partial charge on any atom is -0.457 e. The summed E-state index contributed by atoms with van der Waals surface area (Å²) >= 11 is 0. The van der Waals surface area contributed by atoms with Crippen LogP contribution in [0.15, 0.2) is 91.2 Å². The van der Waals surface area contributed by atoms with E-state index in [0.29, 0.717) is 0 Å². The van der Waals surface area contributed by atoms with Crippen LogP contribution in [0.4, 0.5) is 0 Å². The van der Waals surface area contributed by atoms with E-state index in [2.05, 4.69) is 43.5 Å². The lowest BCUT2D eigenvalue weighted by atomic mass is 9.82. The van der Waals surface area contributed by atoms with Crippen LogP contribution in [0.3, 0.4) is 0 Å². The zero-order valence-corrected chi connectivity index (χ0v) is 15.3. The highest BCUT2D eigenvalue weighted by Crippen LogP contribution is 2.43. The molecule has 1 aliphatic heterocycles. The lowest BCUT2D eigenvalue weighted by Gasteiger charge is -2.28. The van der Waals surface area contributed by atoms with Gasteiger partial charge in [0, 0.05) is 17.1 Å². The fraction of sp³-hybridized carbons (Fsp3) is 0.217. The van der Waals surface area contributed by atoms with Gasteiger partial charge in [-0.3, -0.25) is 0 Å². The summed E-state index contributed by atoms with van der Waals surface area (Å²) in [5.74, 6) is 1.82. The molecule has 0 fully saturated rings. The number of hydrogen-bond acceptors (Lipinski definition) is 1. The maximum Gasteiger partial charge on any atom is 0.131 e. The summed E-state index contributed by atoms with van der Waals surface area (Å²) in [4.78, 5) is 0. The van der Waals surface area contributed by atoms with E-state index in [0.717, 1.165) is 17.1 Å². The number of rotatable bonds is 3. The quantitative estimate of drug-likeness (QED) is 0.598. The van der Waals surface area contributed by atoms with E-state index in [1.165, 1.54) is 11.1 Å². The average molecular weight is 320 g/mol. The Labute approximate surface area is 147 Å². The molecular formula is C23H28O. The van der Waals surface area contributed by atoms with Crippen LogP contribution >= 0.6 is 0 Å². The summed E-state index contributed by atoms with van der Waals surface area (Å²) in [5.41, 5.74) is 3.46. The molecular weight excluding hydrogens is 292 g/mol. The van der Waals surface area contributed by atoms with E-state index in [-0.39, 0.29) is 5.92 Å². The molecule has 1 atom stereocenters. The topological polar surface area (TPSA) is 9.23 Å². The van der Waals surface area contributed by atoms with Crippen molar-refractivity contribution in [2.75, 3.05) is 0 Å². The highest BCUT2D eigenvalue weighted by molar-refractivity contribution is 5.55. The minimum absolute atomic E-state index is 0.145. The van der Waals surface area contributed by atoms with Gasteiger partial charge in [-0.25, -0.2) is 0 Å². The number of allylic oxidation sites excluding steroid dienone is 3. The van der Waals surface area contributed by atoms with Crippen LogP contribution in [0.2, 0.25) is 0 Å². The fourth-order valence-electron chi connectivity index (χ4n) is 2.68. The molecule has 1 heteroatoms. The first-order valence-electron chi connectivity index (χ1n) is 8.66. The van der Waals surface area contributed by atoms with Gasteiger partial charge in [-0.2, -0.15) is 0 Å². The Morgan fingerprint density at radius 3 is 1.96 bits per heavy atom. The first-order chi connectivity index (χ1) is 11.8. The molecule has 0 aromatic heterocycles. The van der Waals surface area contributed by atoms with Gasteiger partial charge in [-0.1, -0.05) is 95.5 Å². The molecule has 0 radical (unpaired) electrons. The number of para-hydroxylation sites is 1. The summed E-state index contributed by atoms with van der Waals surface area (Å²) < 4.78 is 5.93. The van der Waals surface area contributed by atoms with E-state index >= 15 is 0 Å². The van der Waals surface area contributed by atoms with Gasteiger partial charge in [-0.15, -0.1) is 0 Å². The Bertz CT molecular complexity index is 680. The summed E-state index contributed by atoms with van der Waals surface area (Å²) in [6.45, 7) is 15.8. The highest BCUT2D eigenvalue weighted by Gasteiger charge is 2.27. The molecule has 0 amide bonds. The lowest BCUT2D eigenvalue weighted by molar-refractivity contribution is 0.417. The maximum atomic E-state index is 5.93. The zero-order chi connectivity index (χ0) is 17.9. The van der Waals surface area contributed by atoms with E-state index in [1.807, 2.05) is 58.0 Å². The van der Waals surface area contributed by atoms with Gasteiger partial charge in [0.2, 0.25) is 0 Å². The molecule has 0 spiro atoms. The molecule has 1 aliphatic rings. The molecule has 1 nitrogen and oxygen atoms in total. The number of hydrogen-bond donors (Lipinski definition) is 0. The number of benzene rings is 2. The SMILES string of the molecule is C=CC1=C(C=C)C(c2ccccc2)c2ccccc2O1.CC.CC. The maximum absolute atomic E-state index is 5.93. The van der Waals surface area contributed by atoms with E-state index < -0.39 is 0 Å². The van der Waals surface area contributed by atoms with E-state index in [1.54, 1.807) is 6.08 Å². The Kier molecular flexibility index (Phi) is 8.35. The molecule has 3 rings (SSSR count). The molecule has 0 N–H and O–H groups in total. The van der Waals surface area contributed by atoms with Gasteiger partial charge < -0.3 is 4.74 Å². The summed E-state index contributed by atoms with van der Waals surface area (Å²) in [6, 6.07) is 18.5. The van der Waals surface area contributed by atoms with Crippen LogP contribution < -0.4 is 4.74 Å². The molecule has 0 saturated carbocycles. The molecule has 0 saturated heterocycles. The predicted octanol–water partition coefficient (Wildman–Crippen LogP) is 6.89. The van der Waals surface area contributed by atoms with Crippen molar-refractivity contribution in [3.8, 4) is 5.75 Å². The third-order valence-corrected chi connectivity index (χ3v) is 3.58. The average Bonchev–Trinajstić information content (AvgIpc) is 2.70. The Morgan fingerprint density at radius 2 is 1.38 bits per heavy atom. The van der Waals surface area contributed by atoms with Gasteiger partial charge in [-0.05, 0) is 17.7 Å². The second kappa shape index (κ2) is 10.3. The Balaban J connectivity index is 0.000000671. The first-order valence-corrected chi connectivity index (χ1v) is 8.66. The molecule has 24 heavy (non-hydrogen) atoms. The number of ether oxygens (including phenoxy) is 1. The van der Waals surface area contributed by atoms with Crippen molar-refractivity contribution in [2.45, 2.75) is 33.6 Å². The van der Waals surface area contributed by atoms with E-state index in [4.69, 9.17) is 4.74 Å². The van der Waals surface area contributed by atoms with Gasteiger partial charge in [0.1, 0.15) is 11.5 Å². The van der Waals surface area contributed by atoms with Crippen LogP contribution in [-0.4, -0.2) is 0 Å². The van der Waals surface area contributed by atoms with Crippen LogP contribution in [0, 0.1) is 0 Å².